The van der Waals surface area contributed by atoms with Crippen molar-refractivity contribution in [3.63, 3.8) is 0 Å². The highest BCUT2D eigenvalue weighted by Crippen LogP contribution is 2.35. The van der Waals surface area contributed by atoms with Crippen LogP contribution in [-0.2, 0) is 28.6 Å². The van der Waals surface area contributed by atoms with Crippen LogP contribution >= 0.6 is 0 Å². The van der Waals surface area contributed by atoms with Crippen LogP contribution in [0.25, 0.3) is 0 Å². The Morgan fingerprint density at radius 2 is 0.633 bits per heavy atom. The number of hydrogen-bond acceptors (Lipinski definition) is 12. The van der Waals surface area contributed by atoms with Crippen LogP contribution in [0.2, 0.25) is 0 Å². The lowest BCUT2D eigenvalue weighted by Crippen LogP contribution is -2.70. The van der Waals surface area contributed by atoms with Crippen molar-refractivity contribution in [3.05, 3.63) is 0 Å². The van der Waals surface area contributed by atoms with Crippen molar-refractivity contribution in [2.75, 3.05) is 6.61 Å². The highest BCUT2D eigenvalue weighted by Gasteiger charge is 2.67. The maximum absolute atomic E-state index is 13.2. The van der Waals surface area contributed by atoms with Gasteiger partial charge in [-0.25, -0.2) is 0 Å². The molecule has 0 radical (unpaired) electrons. The molecule has 356 valence electrons. The Kier molecular flexibility index (Phi) is 37.6. The number of hydrogen-bond donors (Lipinski definition) is 6. The predicted octanol–water partition coefficient (Wildman–Crippen LogP) is 10.1. The molecule has 0 spiro atoms. The molecule has 0 aliphatic heterocycles. The van der Waals surface area contributed by atoms with E-state index >= 15 is 0 Å². The first kappa shape index (κ1) is 58.2. The molecule has 4 atom stereocenters. The average Bonchev–Trinajstić information content (AvgIpc) is 3.22. The minimum absolute atomic E-state index is 0.254. The molecule has 0 aromatic heterocycles. The maximum Gasteiger partial charge on any atom is 0.446 e. The molecular formula is C48H92O12. The standard InChI is InChI=1S/C48H92O12/c1-4-7-10-13-16-19-22-25-28-31-34-37-42(51)58-47(56,46(55)45(54)41(50)40-49)48(57,59-43(52)38-35-32-29-26-23-20-17-14-11-8-5-2)60-44(53)39-36-33-30-27-24-21-18-15-12-9-6-3/h41,45-46,49-50,54-57H,4-40H2,1-3H3/t41-,45+,46+,47+/m0/s1. The Bertz CT molecular complexity index is 985. The van der Waals surface area contributed by atoms with E-state index in [9.17, 15) is 45.0 Å². The summed E-state index contributed by atoms with van der Waals surface area (Å²) >= 11 is 0. The molecule has 60 heavy (non-hydrogen) atoms. The summed E-state index contributed by atoms with van der Waals surface area (Å²) in [7, 11) is 0. The lowest BCUT2D eigenvalue weighted by Gasteiger charge is -2.43. The van der Waals surface area contributed by atoms with E-state index in [1.807, 2.05) is 0 Å². The Morgan fingerprint density at radius 1 is 0.400 bits per heavy atom. The van der Waals surface area contributed by atoms with E-state index in [-0.39, 0.29) is 19.3 Å². The molecule has 6 N–H and O–H groups in total. The molecule has 0 bridgehead atoms. The van der Waals surface area contributed by atoms with Gasteiger partial charge < -0.3 is 44.8 Å². The molecule has 0 saturated heterocycles. The first-order valence-corrected chi connectivity index (χ1v) is 24.7. The van der Waals surface area contributed by atoms with Crippen molar-refractivity contribution in [2.24, 2.45) is 0 Å². The number of ether oxygens (including phenoxy) is 3. The number of esters is 3. The van der Waals surface area contributed by atoms with E-state index in [0.717, 1.165) is 77.0 Å². The minimum atomic E-state index is -3.81. The van der Waals surface area contributed by atoms with Crippen LogP contribution in [0, 0.1) is 0 Å². The van der Waals surface area contributed by atoms with Gasteiger partial charge in [-0.05, 0) is 19.3 Å². The number of rotatable bonds is 44. The van der Waals surface area contributed by atoms with Gasteiger partial charge in [-0.3, -0.25) is 14.4 Å². The Hall–Kier alpha value is -1.83. The Balaban J connectivity index is 5.65. The number of aliphatic hydroxyl groups is 6. The summed E-state index contributed by atoms with van der Waals surface area (Å²) in [5, 5.41) is 65.1. The molecule has 0 heterocycles. The molecule has 0 aliphatic carbocycles. The van der Waals surface area contributed by atoms with E-state index in [1.54, 1.807) is 0 Å². The third-order valence-electron chi connectivity index (χ3n) is 11.5. The topological polar surface area (TPSA) is 200 Å². The van der Waals surface area contributed by atoms with Crippen molar-refractivity contribution < 1.29 is 59.2 Å². The molecule has 0 saturated carbocycles. The van der Waals surface area contributed by atoms with Crippen molar-refractivity contribution in [1.29, 1.82) is 0 Å². The summed E-state index contributed by atoms with van der Waals surface area (Å²) in [5.74, 6) is -10.9. The zero-order valence-electron chi connectivity index (χ0n) is 38.5. The van der Waals surface area contributed by atoms with Crippen molar-refractivity contribution in [1.82, 2.24) is 0 Å². The van der Waals surface area contributed by atoms with Crippen molar-refractivity contribution in [2.45, 2.75) is 282 Å². The molecular weight excluding hydrogens is 769 g/mol. The molecule has 0 aromatic rings. The number of carbonyl (C=O) groups excluding carboxylic acids is 3. The first-order chi connectivity index (χ1) is 28.9. The summed E-state index contributed by atoms with van der Waals surface area (Å²) in [6.07, 6.45) is 25.7. The minimum Gasteiger partial charge on any atom is -0.419 e. The Labute approximate surface area is 364 Å². The van der Waals surface area contributed by atoms with Crippen molar-refractivity contribution >= 4 is 17.9 Å². The molecule has 0 rings (SSSR count). The van der Waals surface area contributed by atoms with E-state index in [4.69, 9.17) is 14.2 Å². The average molecular weight is 861 g/mol. The third kappa shape index (κ3) is 28.7. The molecule has 0 unspecified atom stereocenters. The fourth-order valence-electron chi connectivity index (χ4n) is 7.46. The molecule has 12 heteroatoms. The fourth-order valence-corrected chi connectivity index (χ4v) is 7.46. The van der Waals surface area contributed by atoms with Crippen LogP contribution in [-0.4, -0.2) is 85.2 Å². The van der Waals surface area contributed by atoms with Gasteiger partial charge >= 0.3 is 29.7 Å². The van der Waals surface area contributed by atoms with Crippen molar-refractivity contribution in [3.8, 4) is 0 Å². The number of aliphatic hydroxyl groups excluding tert-OH is 4. The van der Waals surface area contributed by atoms with Gasteiger partial charge in [0.1, 0.15) is 12.2 Å². The molecule has 0 fully saturated rings. The third-order valence-corrected chi connectivity index (χ3v) is 11.5. The second-order valence-electron chi connectivity index (χ2n) is 17.2. The zero-order chi connectivity index (χ0) is 44.7. The molecule has 12 nitrogen and oxygen atoms in total. The predicted molar refractivity (Wildman–Crippen MR) is 237 cm³/mol. The highest BCUT2D eigenvalue weighted by atomic mass is 16.9. The normalized spacial score (nSPS) is 14.3. The van der Waals surface area contributed by atoms with Gasteiger partial charge in [-0.1, -0.05) is 213 Å². The SMILES string of the molecule is CCCCCCCCCCCCCC(=O)OC(O)(OC(=O)CCCCCCCCCCCCC)[C@](O)(OC(=O)CCCCCCCCCCCCC)[C@H](O)[C@H](O)[C@@H](O)CO. The lowest BCUT2D eigenvalue weighted by molar-refractivity contribution is -0.465. The molecule has 0 aromatic carbocycles. The Morgan fingerprint density at radius 3 is 0.883 bits per heavy atom. The zero-order valence-corrected chi connectivity index (χ0v) is 38.5. The molecule has 0 amide bonds. The number of carbonyl (C=O) groups is 3. The lowest BCUT2D eigenvalue weighted by atomic mass is 9.97. The van der Waals surface area contributed by atoms with Gasteiger partial charge in [-0.2, -0.15) is 0 Å². The van der Waals surface area contributed by atoms with Gasteiger partial charge in [-0.15, -0.1) is 0 Å². The van der Waals surface area contributed by atoms with Crippen LogP contribution < -0.4 is 0 Å². The summed E-state index contributed by atoms with van der Waals surface area (Å²) in [4.78, 5) is 39.6. The monoisotopic (exact) mass is 861 g/mol. The molecule has 0 aliphatic rings. The first-order valence-electron chi connectivity index (χ1n) is 24.7. The second kappa shape index (κ2) is 38.8. The van der Waals surface area contributed by atoms with Crippen LogP contribution in [0.4, 0.5) is 0 Å². The van der Waals surface area contributed by atoms with Gasteiger partial charge in [0.05, 0.1) is 6.61 Å². The van der Waals surface area contributed by atoms with E-state index in [0.29, 0.717) is 38.5 Å². The summed E-state index contributed by atoms with van der Waals surface area (Å²) < 4.78 is 15.6. The van der Waals surface area contributed by atoms with E-state index in [1.165, 1.54) is 96.3 Å². The number of unbranched alkanes of at least 4 members (excludes halogenated alkanes) is 30. The fraction of sp³-hybridized carbons (Fsp3) is 0.938. The van der Waals surface area contributed by atoms with E-state index in [2.05, 4.69) is 20.8 Å². The van der Waals surface area contributed by atoms with Crippen LogP contribution in [0.5, 0.6) is 0 Å². The largest absolute Gasteiger partial charge is 0.446 e. The second-order valence-corrected chi connectivity index (χ2v) is 17.2. The maximum atomic E-state index is 13.2. The van der Waals surface area contributed by atoms with E-state index < -0.39 is 54.6 Å². The van der Waals surface area contributed by atoms with Crippen LogP contribution in [0.15, 0.2) is 0 Å². The van der Waals surface area contributed by atoms with Gasteiger partial charge in [0.15, 0.2) is 6.10 Å². The summed E-state index contributed by atoms with van der Waals surface area (Å²) in [6.45, 7) is 5.49. The highest BCUT2D eigenvalue weighted by molar-refractivity contribution is 5.73. The summed E-state index contributed by atoms with van der Waals surface area (Å²) in [5.41, 5.74) is 0. The smallest absolute Gasteiger partial charge is 0.419 e. The van der Waals surface area contributed by atoms with Gasteiger partial charge in [0.25, 0.3) is 0 Å². The summed E-state index contributed by atoms with van der Waals surface area (Å²) in [6, 6.07) is 0. The van der Waals surface area contributed by atoms with Crippen LogP contribution in [0.3, 0.4) is 0 Å². The quantitative estimate of drug-likeness (QED) is 0.0193. The van der Waals surface area contributed by atoms with Gasteiger partial charge in [0.2, 0.25) is 0 Å². The van der Waals surface area contributed by atoms with Gasteiger partial charge in [0, 0.05) is 19.3 Å². The van der Waals surface area contributed by atoms with Crippen LogP contribution in [0.1, 0.15) is 252 Å².